The van der Waals surface area contributed by atoms with E-state index in [0.29, 0.717) is 5.95 Å². The van der Waals surface area contributed by atoms with Crippen molar-refractivity contribution in [1.82, 2.24) is 9.97 Å². The first-order valence-electron chi connectivity index (χ1n) is 9.33. The minimum atomic E-state index is -0.901. The number of hydrogen-bond acceptors (Lipinski definition) is 4. The predicted octanol–water partition coefficient (Wildman–Crippen LogP) is 4.90. The number of anilines is 2. The van der Waals surface area contributed by atoms with Gasteiger partial charge < -0.3 is 5.32 Å². The lowest BCUT2D eigenvalue weighted by Crippen LogP contribution is -2.33. The molecule has 1 aromatic heterocycles. The summed E-state index contributed by atoms with van der Waals surface area (Å²) in [6, 6.07) is 13.6. The van der Waals surface area contributed by atoms with Gasteiger partial charge in [-0.1, -0.05) is 36.4 Å². The van der Waals surface area contributed by atoms with Crippen LogP contribution in [-0.2, 0) is 0 Å². The molecule has 0 saturated carbocycles. The lowest BCUT2D eigenvalue weighted by molar-refractivity contribution is 0.0979. The normalized spacial score (nSPS) is 11.8. The Morgan fingerprint density at radius 1 is 1.14 bits per heavy atom. The van der Waals surface area contributed by atoms with Gasteiger partial charge in [-0.2, -0.15) is 4.98 Å². The Morgan fingerprint density at radius 3 is 2.55 bits per heavy atom. The number of carbonyl (C=O) groups excluding carboxylic acids is 1. The molecule has 0 aliphatic rings. The van der Waals surface area contributed by atoms with E-state index >= 15 is 0 Å². The van der Waals surface area contributed by atoms with Crippen LogP contribution in [0.5, 0.6) is 0 Å². The van der Waals surface area contributed by atoms with Crippen molar-refractivity contribution in [3.8, 4) is 0 Å². The van der Waals surface area contributed by atoms with Crippen molar-refractivity contribution in [3.05, 3.63) is 83.1 Å². The lowest BCUT2D eigenvalue weighted by Gasteiger charge is -2.22. The first kappa shape index (κ1) is 20.4. The van der Waals surface area contributed by atoms with Crippen LogP contribution < -0.4 is 10.2 Å². The van der Waals surface area contributed by atoms with Crippen LogP contribution >= 0.6 is 0 Å². The Kier molecular flexibility index (Phi) is 6.16. The molecule has 29 heavy (non-hydrogen) atoms. The SMILES string of the molecule is CCN(C(=O)c1c(F)ccc(C)c1F)c1ccnc(N[C@@H](C)c2ccccc2)n1. The Labute approximate surface area is 168 Å². The Balaban J connectivity index is 1.88. The van der Waals surface area contributed by atoms with Crippen LogP contribution in [0.1, 0.15) is 41.4 Å². The summed E-state index contributed by atoms with van der Waals surface area (Å²) in [6.07, 6.45) is 1.50. The number of hydrogen-bond donors (Lipinski definition) is 1. The van der Waals surface area contributed by atoms with E-state index in [-0.39, 0.29) is 24.0 Å². The van der Waals surface area contributed by atoms with Gasteiger partial charge >= 0.3 is 0 Å². The average molecular weight is 396 g/mol. The molecular formula is C22H22F2N4O. The number of rotatable bonds is 6. The smallest absolute Gasteiger partial charge is 0.265 e. The van der Waals surface area contributed by atoms with Crippen molar-refractivity contribution in [1.29, 1.82) is 0 Å². The molecule has 5 nitrogen and oxygen atoms in total. The summed E-state index contributed by atoms with van der Waals surface area (Å²) in [7, 11) is 0. The third kappa shape index (κ3) is 4.39. The van der Waals surface area contributed by atoms with Gasteiger partial charge in [0.2, 0.25) is 5.95 Å². The number of nitrogens with zero attached hydrogens (tertiary/aromatic N) is 3. The highest BCUT2D eigenvalue weighted by atomic mass is 19.1. The molecule has 1 amide bonds. The maximum atomic E-state index is 14.4. The van der Waals surface area contributed by atoms with E-state index in [4.69, 9.17) is 0 Å². The highest BCUT2D eigenvalue weighted by Gasteiger charge is 2.25. The van der Waals surface area contributed by atoms with E-state index in [9.17, 15) is 13.6 Å². The molecule has 3 aromatic rings. The van der Waals surface area contributed by atoms with E-state index in [2.05, 4.69) is 15.3 Å². The van der Waals surface area contributed by atoms with Crippen LogP contribution in [0.15, 0.2) is 54.7 Å². The summed E-state index contributed by atoms with van der Waals surface area (Å²) < 4.78 is 28.6. The molecule has 3 rings (SSSR count). The fraction of sp³-hybridized carbons (Fsp3) is 0.227. The highest BCUT2D eigenvalue weighted by Crippen LogP contribution is 2.23. The summed E-state index contributed by atoms with van der Waals surface area (Å²) in [5.74, 6) is -1.97. The van der Waals surface area contributed by atoms with Crippen LogP contribution in [0.25, 0.3) is 0 Å². The Bertz CT molecular complexity index is 1010. The topological polar surface area (TPSA) is 58.1 Å². The second-order valence-electron chi connectivity index (χ2n) is 6.62. The molecule has 1 heterocycles. The van der Waals surface area contributed by atoms with Gasteiger partial charge in [0, 0.05) is 12.7 Å². The van der Waals surface area contributed by atoms with Gasteiger partial charge in [0.15, 0.2) is 0 Å². The van der Waals surface area contributed by atoms with Gasteiger partial charge in [-0.3, -0.25) is 9.69 Å². The molecule has 0 radical (unpaired) electrons. The first-order chi connectivity index (χ1) is 13.9. The predicted molar refractivity (Wildman–Crippen MR) is 109 cm³/mol. The van der Waals surface area contributed by atoms with E-state index < -0.39 is 23.1 Å². The maximum Gasteiger partial charge on any atom is 0.265 e. The van der Waals surface area contributed by atoms with E-state index in [1.54, 1.807) is 6.92 Å². The second kappa shape index (κ2) is 8.77. The average Bonchev–Trinajstić information content (AvgIpc) is 2.72. The van der Waals surface area contributed by atoms with Gasteiger partial charge in [0.25, 0.3) is 5.91 Å². The zero-order valence-corrected chi connectivity index (χ0v) is 16.5. The molecule has 1 atom stereocenters. The molecular weight excluding hydrogens is 374 g/mol. The van der Waals surface area contributed by atoms with E-state index in [1.165, 1.54) is 30.2 Å². The van der Waals surface area contributed by atoms with Crippen LogP contribution in [0.2, 0.25) is 0 Å². The van der Waals surface area contributed by atoms with Crippen molar-refractivity contribution in [2.24, 2.45) is 0 Å². The summed E-state index contributed by atoms with van der Waals surface area (Å²) in [4.78, 5) is 22.7. The van der Waals surface area contributed by atoms with Crippen molar-refractivity contribution >= 4 is 17.7 Å². The second-order valence-corrected chi connectivity index (χ2v) is 6.62. The fourth-order valence-electron chi connectivity index (χ4n) is 2.99. The Hall–Kier alpha value is -3.35. The fourth-order valence-corrected chi connectivity index (χ4v) is 2.99. The molecule has 7 heteroatoms. The third-order valence-corrected chi connectivity index (χ3v) is 4.62. The van der Waals surface area contributed by atoms with Gasteiger partial charge in [-0.05, 0) is 44.0 Å². The maximum absolute atomic E-state index is 14.4. The molecule has 0 saturated heterocycles. The van der Waals surface area contributed by atoms with E-state index in [1.807, 2.05) is 37.3 Å². The Morgan fingerprint density at radius 2 is 1.86 bits per heavy atom. The zero-order chi connectivity index (χ0) is 21.0. The minimum absolute atomic E-state index is 0.0658. The molecule has 0 bridgehead atoms. The number of nitrogens with one attached hydrogen (secondary N) is 1. The van der Waals surface area contributed by atoms with Crippen LogP contribution in [0.4, 0.5) is 20.5 Å². The number of amides is 1. The van der Waals surface area contributed by atoms with Gasteiger partial charge in [-0.25, -0.2) is 13.8 Å². The molecule has 0 fully saturated rings. The molecule has 1 N–H and O–H groups in total. The lowest BCUT2D eigenvalue weighted by atomic mass is 10.1. The summed E-state index contributed by atoms with van der Waals surface area (Å²) in [5.41, 5.74) is 0.666. The van der Waals surface area contributed by atoms with Gasteiger partial charge in [0.1, 0.15) is 23.0 Å². The summed E-state index contributed by atoms with van der Waals surface area (Å²) in [6.45, 7) is 5.35. The first-order valence-corrected chi connectivity index (χ1v) is 9.33. The molecule has 150 valence electrons. The monoisotopic (exact) mass is 396 g/mol. The number of aryl methyl sites for hydroxylation is 1. The molecule has 0 aliphatic carbocycles. The standard InChI is InChI=1S/C22H22F2N4O/c1-4-28(21(29)19-17(23)11-10-14(2)20(19)24)18-12-13-25-22(27-18)26-15(3)16-8-6-5-7-9-16/h5-13,15H,4H2,1-3H3,(H,25,26,27)/t15-/m0/s1. The number of halogens is 2. The number of aromatic nitrogens is 2. The van der Waals surface area contributed by atoms with Crippen molar-refractivity contribution in [2.75, 3.05) is 16.8 Å². The number of carbonyl (C=O) groups is 1. The minimum Gasteiger partial charge on any atom is -0.348 e. The van der Waals surface area contributed by atoms with Crippen molar-refractivity contribution in [2.45, 2.75) is 26.8 Å². The molecule has 0 aliphatic heterocycles. The summed E-state index contributed by atoms with van der Waals surface area (Å²) >= 11 is 0. The number of benzene rings is 2. The van der Waals surface area contributed by atoms with Crippen LogP contribution in [0.3, 0.4) is 0 Å². The summed E-state index contributed by atoms with van der Waals surface area (Å²) in [5, 5.41) is 3.18. The molecule has 2 aromatic carbocycles. The van der Waals surface area contributed by atoms with Crippen molar-refractivity contribution < 1.29 is 13.6 Å². The van der Waals surface area contributed by atoms with Crippen molar-refractivity contribution in [3.63, 3.8) is 0 Å². The van der Waals surface area contributed by atoms with Gasteiger partial charge in [-0.15, -0.1) is 0 Å². The van der Waals surface area contributed by atoms with E-state index in [0.717, 1.165) is 11.6 Å². The van der Waals surface area contributed by atoms with Gasteiger partial charge in [0.05, 0.1) is 6.04 Å². The third-order valence-electron chi connectivity index (χ3n) is 4.62. The largest absolute Gasteiger partial charge is 0.348 e. The van der Waals surface area contributed by atoms with Crippen LogP contribution in [0, 0.1) is 18.6 Å². The highest BCUT2D eigenvalue weighted by molar-refractivity contribution is 6.06. The quantitative estimate of drug-likeness (QED) is 0.644. The van der Waals surface area contributed by atoms with Crippen LogP contribution in [-0.4, -0.2) is 22.4 Å². The zero-order valence-electron chi connectivity index (χ0n) is 16.5. The molecule has 0 spiro atoms. The molecule has 0 unspecified atom stereocenters.